The van der Waals surface area contributed by atoms with E-state index in [9.17, 15) is 4.79 Å². The first kappa shape index (κ1) is 22.1. The van der Waals surface area contributed by atoms with Crippen molar-refractivity contribution < 1.29 is 9.53 Å². The van der Waals surface area contributed by atoms with Gasteiger partial charge in [-0.05, 0) is 49.9 Å². The maximum absolute atomic E-state index is 12.0. The molecule has 1 aromatic carbocycles. The van der Waals surface area contributed by atoms with E-state index in [1.165, 1.54) is 5.56 Å². The summed E-state index contributed by atoms with van der Waals surface area (Å²) in [5, 5.41) is 5.85. The molecular weight excluding hydrogens is 416 g/mol. The fourth-order valence-corrected chi connectivity index (χ4v) is 4.64. The number of aromatic nitrogens is 2. The molecule has 176 valence electrons. The summed E-state index contributed by atoms with van der Waals surface area (Å²) in [6.07, 6.45) is 2.14. The number of morpholine rings is 1. The van der Waals surface area contributed by atoms with Crippen LogP contribution in [0, 0.1) is 5.92 Å². The smallest absolute Gasteiger partial charge is 0.319 e. The van der Waals surface area contributed by atoms with Crippen LogP contribution in [0.25, 0.3) is 11.4 Å². The van der Waals surface area contributed by atoms with Gasteiger partial charge in [0.1, 0.15) is 5.82 Å². The Morgan fingerprint density at radius 1 is 1.18 bits per heavy atom. The number of ether oxygens (including phenoxy) is 1. The Morgan fingerprint density at radius 3 is 2.67 bits per heavy atom. The summed E-state index contributed by atoms with van der Waals surface area (Å²) < 4.78 is 5.68. The standard InChI is InChI=1S/C25H34N6O2/c1-16(2)12-30-13-21-22(14-30)28-23(29-24(21)31-10-11-33-15-17(31)3)18-4-6-19(7-5-18)26-25(32)27-20-8-9-20/h4-7,16-17,20H,8-15H2,1-3H3,(H2,26,27,32). The topological polar surface area (TPSA) is 82.6 Å². The molecule has 1 atom stereocenters. The van der Waals surface area contributed by atoms with Gasteiger partial charge in [0.15, 0.2) is 5.82 Å². The number of benzene rings is 1. The number of fused-ring (bicyclic) bond motifs is 1. The van der Waals surface area contributed by atoms with Crippen LogP contribution in [-0.2, 0) is 17.8 Å². The molecule has 2 N–H and O–H groups in total. The largest absolute Gasteiger partial charge is 0.377 e. The highest BCUT2D eigenvalue weighted by atomic mass is 16.5. The van der Waals surface area contributed by atoms with Crippen LogP contribution in [0.1, 0.15) is 44.9 Å². The summed E-state index contributed by atoms with van der Waals surface area (Å²) in [6.45, 7) is 11.8. The van der Waals surface area contributed by atoms with Gasteiger partial charge in [-0.15, -0.1) is 0 Å². The van der Waals surface area contributed by atoms with Crippen molar-refractivity contribution in [2.24, 2.45) is 5.92 Å². The number of carbonyl (C=O) groups excluding carboxylic acids is 1. The summed E-state index contributed by atoms with van der Waals surface area (Å²) in [4.78, 5) is 26.9. The first-order chi connectivity index (χ1) is 16.0. The molecule has 8 nitrogen and oxygen atoms in total. The van der Waals surface area contributed by atoms with Crippen LogP contribution in [0.3, 0.4) is 0 Å². The van der Waals surface area contributed by atoms with Crippen LogP contribution in [0.4, 0.5) is 16.3 Å². The minimum Gasteiger partial charge on any atom is -0.377 e. The Morgan fingerprint density at radius 2 is 1.97 bits per heavy atom. The van der Waals surface area contributed by atoms with E-state index in [1.54, 1.807) is 0 Å². The van der Waals surface area contributed by atoms with E-state index >= 15 is 0 Å². The van der Waals surface area contributed by atoms with Crippen LogP contribution in [0.5, 0.6) is 0 Å². The third-order valence-electron chi connectivity index (χ3n) is 6.40. The van der Waals surface area contributed by atoms with Gasteiger partial charge in [-0.3, -0.25) is 4.90 Å². The van der Waals surface area contributed by atoms with E-state index < -0.39 is 0 Å². The van der Waals surface area contributed by atoms with Crippen molar-refractivity contribution in [2.75, 3.05) is 36.5 Å². The average Bonchev–Trinajstić information content (AvgIpc) is 3.50. The molecule has 2 fully saturated rings. The molecule has 1 unspecified atom stereocenters. The van der Waals surface area contributed by atoms with Crippen LogP contribution >= 0.6 is 0 Å². The highest BCUT2D eigenvalue weighted by Crippen LogP contribution is 2.34. The van der Waals surface area contributed by atoms with E-state index in [4.69, 9.17) is 14.7 Å². The second-order valence-electron chi connectivity index (χ2n) is 9.93. The summed E-state index contributed by atoms with van der Waals surface area (Å²) in [5.41, 5.74) is 4.10. The predicted molar refractivity (Wildman–Crippen MR) is 129 cm³/mol. The molecule has 1 saturated carbocycles. The summed E-state index contributed by atoms with van der Waals surface area (Å²) in [5.74, 6) is 2.39. The van der Waals surface area contributed by atoms with Gasteiger partial charge in [-0.2, -0.15) is 0 Å². The Labute approximate surface area is 195 Å². The van der Waals surface area contributed by atoms with Crippen LogP contribution in [-0.4, -0.2) is 59.3 Å². The fourth-order valence-electron chi connectivity index (χ4n) is 4.64. The number of anilines is 2. The molecule has 0 radical (unpaired) electrons. The molecule has 33 heavy (non-hydrogen) atoms. The van der Waals surface area contributed by atoms with E-state index in [0.717, 1.165) is 74.2 Å². The molecule has 8 heteroatoms. The van der Waals surface area contributed by atoms with Crippen molar-refractivity contribution >= 4 is 17.5 Å². The third kappa shape index (κ3) is 5.12. The second-order valence-corrected chi connectivity index (χ2v) is 9.93. The van der Waals surface area contributed by atoms with Crippen molar-refractivity contribution in [1.29, 1.82) is 0 Å². The van der Waals surface area contributed by atoms with Gasteiger partial charge in [-0.1, -0.05) is 13.8 Å². The van der Waals surface area contributed by atoms with Crippen LogP contribution in [0.2, 0.25) is 0 Å². The van der Waals surface area contributed by atoms with Crippen LogP contribution in [0.15, 0.2) is 24.3 Å². The lowest BCUT2D eigenvalue weighted by Gasteiger charge is -2.35. The quantitative estimate of drug-likeness (QED) is 0.700. The highest BCUT2D eigenvalue weighted by Gasteiger charge is 2.31. The van der Waals surface area contributed by atoms with Gasteiger partial charge >= 0.3 is 6.03 Å². The molecule has 5 rings (SSSR count). The number of hydrogen-bond acceptors (Lipinski definition) is 6. The predicted octanol–water partition coefficient (Wildman–Crippen LogP) is 3.62. The Bertz CT molecular complexity index is 1000. The molecule has 2 amide bonds. The highest BCUT2D eigenvalue weighted by molar-refractivity contribution is 5.89. The number of carbonyl (C=O) groups is 1. The summed E-state index contributed by atoms with van der Waals surface area (Å²) in [7, 11) is 0. The minimum atomic E-state index is -0.145. The zero-order valence-corrected chi connectivity index (χ0v) is 19.8. The van der Waals surface area contributed by atoms with Gasteiger partial charge in [0.05, 0.1) is 24.9 Å². The van der Waals surface area contributed by atoms with Crippen molar-refractivity contribution in [3.63, 3.8) is 0 Å². The molecule has 1 aromatic heterocycles. The van der Waals surface area contributed by atoms with Gasteiger partial charge < -0.3 is 20.3 Å². The lowest BCUT2D eigenvalue weighted by molar-refractivity contribution is 0.0984. The normalized spacial score (nSPS) is 20.7. The molecule has 1 saturated heterocycles. The maximum Gasteiger partial charge on any atom is 0.319 e. The van der Waals surface area contributed by atoms with Gasteiger partial charge in [-0.25, -0.2) is 14.8 Å². The average molecular weight is 451 g/mol. The lowest BCUT2D eigenvalue weighted by atomic mass is 10.1. The molecule has 0 bridgehead atoms. The first-order valence-corrected chi connectivity index (χ1v) is 12.1. The molecule has 2 aromatic rings. The number of rotatable bonds is 6. The molecule has 0 spiro atoms. The number of amides is 2. The molecule has 1 aliphatic carbocycles. The van der Waals surface area contributed by atoms with E-state index in [-0.39, 0.29) is 12.1 Å². The van der Waals surface area contributed by atoms with Gasteiger partial charge in [0.25, 0.3) is 0 Å². The third-order valence-corrected chi connectivity index (χ3v) is 6.40. The monoisotopic (exact) mass is 450 g/mol. The van der Waals surface area contributed by atoms with Gasteiger partial charge in [0.2, 0.25) is 0 Å². The number of nitrogens with one attached hydrogen (secondary N) is 2. The summed E-state index contributed by atoms with van der Waals surface area (Å²) in [6, 6.07) is 8.28. The molecular formula is C25H34N6O2. The zero-order valence-electron chi connectivity index (χ0n) is 19.8. The molecule has 3 heterocycles. The molecule has 3 aliphatic rings. The van der Waals surface area contributed by atoms with Crippen molar-refractivity contribution in [3.05, 3.63) is 35.5 Å². The van der Waals surface area contributed by atoms with Crippen LogP contribution < -0.4 is 15.5 Å². The fraction of sp³-hybridized carbons (Fsp3) is 0.560. The molecule has 2 aliphatic heterocycles. The SMILES string of the molecule is CC(C)CN1Cc2nc(-c3ccc(NC(=O)NC4CC4)cc3)nc(N3CCOCC3C)c2C1. The van der Waals surface area contributed by atoms with Crippen molar-refractivity contribution in [2.45, 2.75) is 58.8 Å². The van der Waals surface area contributed by atoms with E-state index in [1.807, 2.05) is 24.3 Å². The first-order valence-electron chi connectivity index (χ1n) is 12.1. The van der Waals surface area contributed by atoms with Gasteiger partial charge in [0, 0.05) is 49.0 Å². The Balaban J connectivity index is 1.41. The van der Waals surface area contributed by atoms with E-state index in [0.29, 0.717) is 18.6 Å². The lowest BCUT2D eigenvalue weighted by Crippen LogP contribution is -2.44. The van der Waals surface area contributed by atoms with Crippen molar-refractivity contribution in [1.82, 2.24) is 20.2 Å². The number of urea groups is 1. The van der Waals surface area contributed by atoms with Crippen molar-refractivity contribution in [3.8, 4) is 11.4 Å². The second kappa shape index (κ2) is 9.27. The number of hydrogen-bond donors (Lipinski definition) is 2. The number of nitrogens with zero attached hydrogens (tertiary/aromatic N) is 4. The Kier molecular flexibility index (Phi) is 6.21. The Hall–Kier alpha value is -2.71. The zero-order chi connectivity index (χ0) is 22.9. The maximum atomic E-state index is 12.0. The minimum absolute atomic E-state index is 0.145. The van der Waals surface area contributed by atoms with E-state index in [2.05, 4.69) is 41.2 Å². The summed E-state index contributed by atoms with van der Waals surface area (Å²) >= 11 is 0.